The van der Waals surface area contributed by atoms with E-state index in [1.165, 1.54) is 4.90 Å². The zero-order valence-corrected chi connectivity index (χ0v) is 48.4. The summed E-state index contributed by atoms with van der Waals surface area (Å²) in [6.07, 6.45) is 6.14. The van der Waals surface area contributed by atoms with Crippen molar-refractivity contribution in [1.29, 1.82) is 0 Å². The van der Waals surface area contributed by atoms with Crippen molar-refractivity contribution >= 4 is 56.5 Å². The van der Waals surface area contributed by atoms with Gasteiger partial charge in [-0.1, -0.05) is 68.4 Å². The number of thiazole rings is 1. The number of aryl methyl sites for hydroxylation is 2. The lowest BCUT2D eigenvalue weighted by atomic mass is 9.91. The van der Waals surface area contributed by atoms with Crippen LogP contribution in [0.1, 0.15) is 94.3 Å². The standard InChI is InChI=1S/C62H75FN12O6S/c1-6-40-10-7-11-43-25-46(76)26-48(54(40)43)56-55(63)57-49(29-64-56)59(74-32-44-16-17-45(33-74)67-44)69-62(68-57)80-24-23-71-18-8-9-39(30-71)31-72-19-21-73(22-20-72)52-28-51(81-70-52)53(36(2)3)61(79)75-34-47(77)27-50(75)60(78)66-37(4)41-12-14-42(15-13-41)58-38(5)65-35-82-58/h7,10-15,25-26,28-29,35-37,39,44-45,47,50,53,67,76-77H,6,8-9,16-24,27,30-34H2,1-5H3,(H,66,78)/t37-,39+,44?,45?,47+,50-,53+/m0/s1. The third-order valence-corrected chi connectivity index (χ3v) is 18.7. The molecule has 2 unspecified atom stereocenters. The summed E-state index contributed by atoms with van der Waals surface area (Å²) in [6, 6.07) is 18.8. The number of piperazine rings is 2. The molecule has 82 heavy (non-hydrogen) atoms. The lowest BCUT2D eigenvalue weighted by Crippen LogP contribution is -2.51. The minimum absolute atomic E-state index is 0.0427. The summed E-state index contributed by atoms with van der Waals surface area (Å²) >= 11 is 1.59. The second kappa shape index (κ2) is 23.8. The van der Waals surface area contributed by atoms with Gasteiger partial charge in [-0.3, -0.25) is 24.4 Å². The number of likely N-dealkylation sites (tertiary alicyclic amines) is 2. The molecule has 3 aromatic carbocycles. The predicted octanol–water partition coefficient (Wildman–Crippen LogP) is 8.10. The third kappa shape index (κ3) is 11.5. The first-order chi connectivity index (χ1) is 39.7. The number of nitrogens with one attached hydrogen (secondary N) is 2. The van der Waals surface area contributed by atoms with E-state index in [2.05, 4.69) is 47.3 Å². The van der Waals surface area contributed by atoms with Gasteiger partial charge in [-0.15, -0.1) is 11.3 Å². The molecule has 12 rings (SSSR count). The van der Waals surface area contributed by atoms with Crippen molar-refractivity contribution in [2.75, 3.05) is 88.4 Å². The number of halogens is 1. The Balaban J connectivity index is 0.656. The summed E-state index contributed by atoms with van der Waals surface area (Å²) in [5, 5.41) is 35.1. The molecule has 4 aromatic heterocycles. The number of aliphatic hydroxyl groups excluding tert-OH is 1. The van der Waals surface area contributed by atoms with Crippen molar-refractivity contribution < 1.29 is 33.5 Å². The Bertz CT molecular complexity index is 3430. The number of aromatic nitrogens is 5. The van der Waals surface area contributed by atoms with Gasteiger partial charge < -0.3 is 44.8 Å². The maximum absolute atomic E-state index is 17.2. The van der Waals surface area contributed by atoms with Crippen LogP contribution in [0, 0.1) is 24.6 Å². The van der Waals surface area contributed by atoms with E-state index in [0.29, 0.717) is 59.5 Å². The summed E-state index contributed by atoms with van der Waals surface area (Å²) in [5.74, 6) is 0.330. The zero-order valence-electron chi connectivity index (χ0n) is 47.6. The highest BCUT2D eigenvalue weighted by atomic mass is 32.1. The molecule has 5 aliphatic rings. The molecule has 0 spiro atoms. The number of pyridine rings is 1. The number of nitrogens with zero attached hydrogens (tertiary/aromatic N) is 10. The number of anilines is 2. The van der Waals surface area contributed by atoms with E-state index in [4.69, 9.17) is 24.2 Å². The molecular weight excluding hydrogens is 1060 g/mol. The topological polar surface area (TPSA) is 202 Å². The first kappa shape index (κ1) is 55.7. The molecule has 0 aliphatic carbocycles. The van der Waals surface area contributed by atoms with Gasteiger partial charge in [-0.2, -0.15) is 9.97 Å². The maximum atomic E-state index is 17.2. The van der Waals surface area contributed by atoms with Crippen molar-refractivity contribution in [2.45, 2.75) is 109 Å². The van der Waals surface area contributed by atoms with Gasteiger partial charge in [0, 0.05) is 102 Å². The molecule has 2 amide bonds. The molecular formula is C62H75FN12O6S. The van der Waals surface area contributed by atoms with Crippen molar-refractivity contribution in [3.8, 4) is 33.5 Å². The third-order valence-electron chi connectivity index (χ3n) is 17.7. The van der Waals surface area contributed by atoms with Crippen LogP contribution in [0.3, 0.4) is 0 Å². The normalized spacial score (nSPS) is 22.4. The van der Waals surface area contributed by atoms with Crippen molar-refractivity contribution in [3.05, 3.63) is 101 Å². The molecule has 7 atom stereocenters. The Kier molecular flexibility index (Phi) is 16.2. The van der Waals surface area contributed by atoms with Gasteiger partial charge in [-0.25, -0.2) is 9.37 Å². The average molecular weight is 1140 g/mol. The number of rotatable bonds is 17. The van der Waals surface area contributed by atoms with Crippen LogP contribution < -0.4 is 25.2 Å². The van der Waals surface area contributed by atoms with E-state index in [1.54, 1.807) is 29.7 Å². The number of hydrogen-bond donors (Lipinski definition) is 4. The number of carbonyl (C=O) groups excluding carboxylic acids is 2. The zero-order chi connectivity index (χ0) is 56.8. The van der Waals surface area contributed by atoms with Crippen LogP contribution in [0.5, 0.6) is 11.8 Å². The predicted molar refractivity (Wildman–Crippen MR) is 316 cm³/mol. The number of aromatic hydroxyl groups is 1. The van der Waals surface area contributed by atoms with Crippen LogP contribution >= 0.6 is 11.3 Å². The number of phenolic OH excluding ortho intramolecular Hbond substituents is 1. The molecule has 7 aromatic rings. The summed E-state index contributed by atoms with van der Waals surface area (Å²) in [4.78, 5) is 59.3. The molecule has 4 N–H and O–H groups in total. The Morgan fingerprint density at radius 2 is 1.72 bits per heavy atom. The van der Waals surface area contributed by atoms with Crippen molar-refractivity contribution in [2.24, 2.45) is 11.8 Å². The van der Waals surface area contributed by atoms with Crippen LogP contribution in [0.15, 0.2) is 76.9 Å². The fraction of sp³-hybridized carbons (Fsp3) is 0.500. The molecule has 5 fully saturated rings. The van der Waals surface area contributed by atoms with E-state index in [-0.39, 0.29) is 59.7 Å². The van der Waals surface area contributed by atoms with Gasteiger partial charge >= 0.3 is 6.01 Å². The second-order valence-electron chi connectivity index (χ2n) is 23.7. The van der Waals surface area contributed by atoms with E-state index >= 15 is 4.39 Å². The van der Waals surface area contributed by atoms with Crippen molar-refractivity contribution in [3.63, 3.8) is 0 Å². The Labute approximate surface area is 482 Å². The summed E-state index contributed by atoms with van der Waals surface area (Å²) in [6.45, 7) is 18.6. The number of benzene rings is 3. The van der Waals surface area contributed by atoms with Gasteiger partial charge in [-0.05, 0) is 104 Å². The Morgan fingerprint density at radius 3 is 2.46 bits per heavy atom. The molecule has 5 aliphatic heterocycles. The molecule has 0 radical (unpaired) electrons. The number of piperidine rings is 1. The summed E-state index contributed by atoms with van der Waals surface area (Å²) in [7, 11) is 0. The van der Waals surface area contributed by atoms with E-state index in [1.807, 2.05) is 81.7 Å². The SMILES string of the molecule is CCc1cccc2cc(O)cc(-c3ncc4c(N5CC6CCC(C5)N6)nc(OCCN5CCC[C@@H](CN6CCN(c7cc([C@H](C(=O)N8C[C@H](O)C[C@H]8C(=O)N[C@@H](C)c8ccc(-c9scnc9C)cc8)C(C)C)on7)CC6)C5)nc4c3F)c12. The number of aliphatic hydroxyl groups is 1. The molecule has 20 heteroatoms. The minimum atomic E-state index is -0.823. The second-order valence-corrected chi connectivity index (χ2v) is 24.5. The quantitative estimate of drug-likeness (QED) is 0.0681. The van der Waals surface area contributed by atoms with Crippen LogP contribution in [0.25, 0.3) is 43.4 Å². The Hall–Kier alpha value is -6.84. The van der Waals surface area contributed by atoms with E-state index in [9.17, 15) is 19.8 Å². The van der Waals surface area contributed by atoms with Gasteiger partial charge in [0.25, 0.3) is 0 Å². The highest BCUT2D eigenvalue weighted by Crippen LogP contribution is 2.40. The first-order valence-corrected chi connectivity index (χ1v) is 30.3. The van der Waals surface area contributed by atoms with Gasteiger partial charge in [0.2, 0.25) is 11.8 Å². The molecule has 5 saturated heterocycles. The van der Waals surface area contributed by atoms with Crippen LogP contribution in [0.2, 0.25) is 0 Å². The van der Waals surface area contributed by atoms with Gasteiger partial charge in [0.1, 0.15) is 41.3 Å². The number of hydrogen-bond acceptors (Lipinski definition) is 17. The smallest absolute Gasteiger partial charge is 0.319 e. The molecule has 2 bridgehead atoms. The largest absolute Gasteiger partial charge is 0.508 e. The molecule has 9 heterocycles. The maximum Gasteiger partial charge on any atom is 0.319 e. The fourth-order valence-electron chi connectivity index (χ4n) is 13.4. The van der Waals surface area contributed by atoms with Gasteiger partial charge in [0.15, 0.2) is 17.4 Å². The van der Waals surface area contributed by atoms with E-state index in [0.717, 1.165) is 129 Å². The lowest BCUT2D eigenvalue weighted by molar-refractivity contribution is -0.141. The number of phenols is 1. The number of fused-ring (bicyclic) bond motifs is 4. The monoisotopic (exact) mass is 1130 g/mol. The minimum Gasteiger partial charge on any atom is -0.508 e. The molecule has 0 saturated carbocycles. The van der Waals surface area contributed by atoms with Crippen molar-refractivity contribution in [1.82, 2.24) is 50.4 Å². The Morgan fingerprint density at radius 1 is 0.927 bits per heavy atom. The molecule has 18 nitrogen and oxygen atoms in total. The number of carbonyl (C=O) groups is 2. The average Bonchev–Trinajstić information content (AvgIpc) is 4.38. The van der Waals surface area contributed by atoms with Crippen LogP contribution in [-0.4, -0.2) is 165 Å². The van der Waals surface area contributed by atoms with Crippen LogP contribution in [-0.2, 0) is 16.0 Å². The summed E-state index contributed by atoms with van der Waals surface area (Å²) in [5.41, 5.74) is 6.67. The highest BCUT2D eigenvalue weighted by Gasteiger charge is 2.44. The highest BCUT2D eigenvalue weighted by molar-refractivity contribution is 7.13. The van der Waals surface area contributed by atoms with Gasteiger partial charge in [0.05, 0.1) is 33.6 Å². The first-order valence-electron chi connectivity index (χ1n) is 29.5. The van der Waals surface area contributed by atoms with Crippen LogP contribution in [0.4, 0.5) is 16.0 Å². The fourth-order valence-corrected chi connectivity index (χ4v) is 14.3. The number of amides is 2. The number of β-amino-alcohol motifs (C(OH)–C–C–N with tert-alkyl or cyclic N) is 1. The number of ether oxygens (including phenoxy) is 1. The molecule has 432 valence electrons. The van der Waals surface area contributed by atoms with E-state index < -0.39 is 23.9 Å². The lowest BCUT2D eigenvalue weighted by Gasteiger charge is -2.39. The summed E-state index contributed by atoms with van der Waals surface area (Å²) < 4.78 is 29.6.